The molecule has 9 heteroatoms. The lowest BCUT2D eigenvalue weighted by Crippen LogP contribution is -2.39. The molecule has 1 aliphatic heterocycles. The van der Waals surface area contributed by atoms with Crippen LogP contribution in [0.5, 0.6) is 11.5 Å². The summed E-state index contributed by atoms with van der Waals surface area (Å²) in [6.45, 7) is 1.00. The van der Waals surface area contributed by atoms with E-state index < -0.39 is 0 Å². The van der Waals surface area contributed by atoms with Crippen LogP contribution in [0.3, 0.4) is 0 Å². The maximum absolute atomic E-state index is 12.6. The molecule has 0 spiro atoms. The van der Waals surface area contributed by atoms with Gasteiger partial charge in [-0.25, -0.2) is 0 Å². The summed E-state index contributed by atoms with van der Waals surface area (Å²) in [6, 6.07) is 17.4. The fourth-order valence-corrected chi connectivity index (χ4v) is 4.20. The Kier molecular flexibility index (Phi) is 8.75. The predicted octanol–water partition coefficient (Wildman–Crippen LogP) is 6.88. The standard InChI is InChI=1S/C27H23Cl3N2O4/c28-19-6-9-22(10-7-19)35-14-2-1-13-32-24-16-21(8-11-25(24)36-17-27(32)34)31-26(33)12-4-18-3-5-20(29)15-23(18)30/h3-12,15-16H,1-2,13-14,17H2,(H,31,33)/b12-4+. The van der Waals surface area contributed by atoms with E-state index in [1.165, 1.54) is 6.08 Å². The molecule has 0 atom stereocenters. The molecular formula is C27H23Cl3N2O4. The molecule has 1 N–H and O–H groups in total. The van der Waals surface area contributed by atoms with E-state index in [2.05, 4.69) is 5.32 Å². The van der Waals surface area contributed by atoms with Gasteiger partial charge < -0.3 is 19.7 Å². The zero-order chi connectivity index (χ0) is 25.5. The van der Waals surface area contributed by atoms with Gasteiger partial charge in [0.1, 0.15) is 11.5 Å². The number of rotatable bonds is 9. The average Bonchev–Trinajstić information content (AvgIpc) is 2.85. The molecule has 3 aromatic carbocycles. The van der Waals surface area contributed by atoms with Crippen LogP contribution in [0.25, 0.3) is 6.08 Å². The highest BCUT2D eigenvalue weighted by atomic mass is 35.5. The molecule has 0 saturated carbocycles. The molecule has 0 saturated heterocycles. The van der Waals surface area contributed by atoms with Crippen LogP contribution in [0.2, 0.25) is 15.1 Å². The van der Waals surface area contributed by atoms with E-state index in [0.29, 0.717) is 50.9 Å². The third-order valence-electron chi connectivity index (χ3n) is 5.40. The molecule has 0 bridgehead atoms. The molecular weight excluding hydrogens is 523 g/mol. The highest BCUT2D eigenvalue weighted by molar-refractivity contribution is 6.35. The van der Waals surface area contributed by atoms with Gasteiger partial charge in [0.25, 0.3) is 5.91 Å². The first-order valence-electron chi connectivity index (χ1n) is 11.3. The lowest BCUT2D eigenvalue weighted by molar-refractivity contribution is -0.121. The maximum Gasteiger partial charge on any atom is 0.265 e. The third-order valence-corrected chi connectivity index (χ3v) is 6.22. The van der Waals surface area contributed by atoms with Crippen molar-refractivity contribution >= 4 is 64.1 Å². The Hall–Kier alpha value is -3.19. The van der Waals surface area contributed by atoms with Crippen LogP contribution in [-0.4, -0.2) is 31.6 Å². The quantitative estimate of drug-likeness (QED) is 0.235. The molecule has 3 aromatic rings. The minimum absolute atomic E-state index is 0.0232. The van der Waals surface area contributed by atoms with E-state index in [0.717, 1.165) is 18.6 Å². The highest BCUT2D eigenvalue weighted by Crippen LogP contribution is 2.35. The number of anilines is 2. The molecule has 0 radical (unpaired) electrons. The number of hydrogen-bond acceptors (Lipinski definition) is 4. The van der Waals surface area contributed by atoms with Crippen molar-refractivity contribution in [3.8, 4) is 11.5 Å². The third kappa shape index (κ3) is 6.94. The second-order valence-electron chi connectivity index (χ2n) is 8.01. The molecule has 186 valence electrons. The minimum atomic E-state index is -0.338. The van der Waals surface area contributed by atoms with Crippen molar-refractivity contribution in [1.82, 2.24) is 0 Å². The van der Waals surface area contributed by atoms with Crippen LogP contribution < -0.4 is 19.7 Å². The first-order valence-corrected chi connectivity index (χ1v) is 12.4. The number of hydrogen-bond donors (Lipinski definition) is 1. The summed E-state index contributed by atoms with van der Waals surface area (Å²) in [5.41, 5.74) is 1.83. The van der Waals surface area contributed by atoms with Gasteiger partial charge in [-0.05, 0) is 79.1 Å². The van der Waals surface area contributed by atoms with Gasteiger partial charge in [-0.3, -0.25) is 9.59 Å². The Morgan fingerprint density at radius 2 is 1.78 bits per heavy atom. The van der Waals surface area contributed by atoms with Crippen LogP contribution in [-0.2, 0) is 9.59 Å². The van der Waals surface area contributed by atoms with Gasteiger partial charge in [-0.15, -0.1) is 0 Å². The average molecular weight is 546 g/mol. The Balaban J connectivity index is 1.34. The number of amides is 2. The first kappa shape index (κ1) is 25.9. The van der Waals surface area contributed by atoms with Crippen molar-refractivity contribution in [3.63, 3.8) is 0 Å². The first-order chi connectivity index (χ1) is 17.4. The topological polar surface area (TPSA) is 67.9 Å². The molecule has 36 heavy (non-hydrogen) atoms. The zero-order valence-electron chi connectivity index (χ0n) is 19.2. The summed E-state index contributed by atoms with van der Waals surface area (Å²) in [7, 11) is 0. The van der Waals surface area contributed by atoms with Crippen LogP contribution >= 0.6 is 34.8 Å². The molecule has 0 aromatic heterocycles. The van der Waals surface area contributed by atoms with E-state index in [1.807, 2.05) is 12.1 Å². The number of unbranched alkanes of at least 4 members (excludes halogenated alkanes) is 1. The number of nitrogens with zero attached hydrogens (tertiary/aromatic N) is 1. The second-order valence-corrected chi connectivity index (χ2v) is 9.29. The number of benzene rings is 3. The number of fused-ring (bicyclic) bond motifs is 1. The molecule has 0 unspecified atom stereocenters. The van der Waals surface area contributed by atoms with E-state index in [4.69, 9.17) is 44.3 Å². The number of carbonyl (C=O) groups excluding carboxylic acids is 2. The summed E-state index contributed by atoms with van der Waals surface area (Å²) >= 11 is 17.9. The zero-order valence-corrected chi connectivity index (χ0v) is 21.4. The van der Waals surface area contributed by atoms with Gasteiger partial charge in [-0.2, -0.15) is 0 Å². The molecule has 1 heterocycles. The van der Waals surface area contributed by atoms with Gasteiger partial charge in [0.2, 0.25) is 5.91 Å². The van der Waals surface area contributed by atoms with E-state index >= 15 is 0 Å². The predicted molar refractivity (Wildman–Crippen MR) is 145 cm³/mol. The van der Waals surface area contributed by atoms with Crippen LogP contribution in [0.1, 0.15) is 18.4 Å². The normalized spacial score (nSPS) is 12.9. The lowest BCUT2D eigenvalue weighted by atomic mass is 10.2. The SMILES string of the molecule is O=C(/C=C/c1ccc(Cl)cc1Cl)Nc1ccc2c(c1)N(CCCCOc1ccc(Cl)cc1)C(=O)CO2. The maximum atomic E-state index is 12.6. The van der Waals surface area contributed by atoms with E-state index in [-0.39, 0.29) is 18.4 Å². The molecule has 6 nitrogen and oxygen atoms in total. The van der Waals surface area contributed by atoms with Crippen LogP contribution in [0, 0.1) is 0 Å². The fraction of sp³-hybridized carbons (Fsp3) is 0.185. The van der Waals surface area contributed by atoms with Crippen molar-refractivity contribution in [2.24, 2.45) is 0 Å². The monoisotopic (exact) mass is 544 g/mol. The van der Waals surface area contributed by atoms with E-state index in [1.54, 1.807) is 59.5 Å². The summed E-state index contributed by atoms with van der Waals surface area (Å²) in [5.74, 6) is 0.866. The van der Waals surface area contributed by atoms with Crippen LogP contribution in [0.4, 0.5) is 11.4 Å². The van der Waals surface area contributed by atoms with Gasteiger partial charge in [0, 0.05) is 33.4 Å². The van der Waals surface area contributed by atoms with Crippen LogP contribution in [0.15, 0.2) is 66.7 Å². The van der Waals surface area contributed by atoms with Gasteiger partial charge in [0.15, 0.2) is 6.61 Å². The summed E-state index contributed by atoms with van der Waals surface area (Å²) in [6.07, 6.45) is 4.49. The fourth-order valence-electron chi connectivity index (χ4n) is 3.60. The number of nitrogens with one attached hydrogen (secondary N) is 1. The molecule has 2 amide bonds. The summed E-state index contributed by atoms with van der Waals surface area (Å²) < 4.78 is 11.3. The Labute approximate surface area is 224 Å². The van der Waals surface area contributed by atoms with Gasteiger partial charge in [-0.1, -0.05) is 40.9 Å². The summed E-state index contributed by atoms with van der Waals surface area (Å²) in [4.78, 5) is 26.7. The van der Waals surface area contributed by atoms with Crippen molar-refractivity contribution in [2.45, 2.75) is 12.8 Å². The van der Waals surface area contributed by atoms with Crippen molar-refractivity contribution < 1.29 is 19.1 Å². The molecule has 0 fully saturated rings. The van der Waals surface area contributed by atoms with Crippen molar-refractivity contribution in [2.75, 3.05) is 30.0 Å². The highest BCUT2D eigenvalue weighted by Gasteiger charge is 2.25. The second kappa shape index (κ2) is 12.2. The van der Waals surface area contributed by atoms with Crippen molar-refractivity contribution in [3.05, 3.63) is 87.4 Å². The molecule has 4 rings (SSSR count). The molecule has 1 aliphatic rings. The largest absolute Gasteiger partial charge is 0.494 e. The summed E-state index contributed by atoms with van der Waals surface area (Å²) in [5, 5.41) is 4.43. The van der Waals surface area contributed by atoms with E-state index in [9.17, 15) is 9.59 Å². The van der Waals surface area contributed by atoms with Gasteiger partial charge in [0.05, 0.1) is 12.3 Å². The number of carbonyl (C=O) groups is 2. The lowest BCUT2D eigenvalue weighted by Gasteiger charge is -2.30. The number of halogens is 3. The Morgan fingerprint density at radius 3 is 2.56 bits per heavy atom. The molecule has 0 aliphatic carbocycles. The Morgan fingerprint density at radius 1 is 1.00 bits per heavy atom. The minimum Gasteiger partial charge on any atom is -0.494 e. The number of ether oxygens (including phenoxy) is 2. The smallest absolute Gasteiger partial charge is 0.265 e. The Bertz CT molecular complexity index is 1280. The van der Waals surface area contributed by atoms with Crippen molar-refractivity contribution in [1.29, 1.82) is 0 Å². The van der Waals surface area contributed by atoms with Gasteiger partial charge >= 0.3 is 0 Å².